The molecule has 0 fully saturated rings. The van der Waals surface area contributed by atoms with Gasteiger partial charge < -0.3 is 52.1 Å². The van der Waals surface area contributed by atoms with Gasteiger partial charge in [-0.1, -0.05) is 0 Å². The van der Waals surface area contributed by atoms with Gasteiger partial charge in [-0.25, -0.2) is 0 Å². The minimum Gasteiger partial charge on any atom is -0.382 e. The van der Waals surface area contributed by atoms with Gasteiger partial charge in [0.25, 0.3) is 0 Å². The Morgan fingerprint density at radius 1 is 0.342 bits per heavy atom. The Morgan fingerprint density at radius 2 is 0.632 bits per heavy atom. The van der Waals surface area contributed by atoms with E-state index in [1.165, 1.54) is 0 Å². The minimum atomic E-state index is 0.339. The largest absolute Gasteiger partial charge is 0.382 e. The van der Waals surface area contributed by atoms with E-state index < -0.39 is 0 Å². The first-order valence-corrected chi connectivity index (χ1v) is 14.1. The molecule has 0 saturated heterocycles. The van der Waals surface area contributed by atoms with E-state index in [-0.39, 0.29) is 0 Å². The van der Waals surface area contributed by atoms with Crippen molar-refractivity contribution in [2.24, 2.45) is 5.92 Å². The molecule has 0 aromatic carbocycles. The van der Waals surface area contributed by atoms with E-state index in [1.807, 2.05) is 13.8 Å². The van der Waals surface area contributed by atoms with E-state index in [0.717, 1.165) is 12.8 Å². The van der Waals surface area contributed by atoms with Crippen LogP contribution in [-0.4, -0.2) is 146 Å². The highest BCUT2D eigenvalue weighted by Crippen LogP contribution is 2.10. The highest BCUT2D eigenvalue weighted by molar-refractivity contribution is 4.59. The van der Waals surface area contributed by atoms with E-state index in [2.05, 4.69) is 0 Å². The summed E-state index contributed by atoms with van der Waals surface area (Å²) in [7, 11) is 1.65. The van der Waals surface area contributed by atoms with Gasteiger partial charge in [-0.3, -0.25) is 0 Å². The van der Waals surface area contributed by atoms with Crippen molar-refractivity contribution in [2.45, 2.75) is 26.7 Å². The van der Waals surface area contributed by atoms with Crippen molar-refractivity contribution in [3.05, 3.63) is 0 Å². The lowest BCUT2D eigenvalue weighted by molar-refractivity contribution is -0.0157. The summed E-state index contributed by atoms with van der Waals surface area (Å²) in [6.07, 6.45) is 1.79. The molecule has 0 aliphatic rings. The first-order valence-electron chi connectivity index (χ1n) is 14.1. The van der Waals surface area contributed by atoms with Gasteiger partial charge in [0.15, 0.2) is 0 Å². The maximum Gasteiger partial charge on any atom is 0.0701 e. The molecule has 0 aliphatic heterocycles. The highest BCUT2D eigenvalue weighted by atomic mass is 16.6. The average molecular weight is 557 g/mol. The fourth-order valence-electron chi connectivity index (χ4n) is 3.03. The molecule has 1 unspecified atom stereocenters. The molecular formula is C27H56O11. The van der Waals surface area contributed by atoms with Gasteiger partial charge in [0.1, 0.15) is 0 Å². The number of hydrogen-bond donors (Lipinski definition) is 0. The molecule has 0 aromatic rings. The van der Waals surface area contributed by atoms with Crippen LogP contribution in [0.15, 0.2) is 0 Å². The summed E-state index contributed by atoms with van der Waals surface area (Å²) >= 11 is 0. The fraction of sp³-hybridized carbons (Fsp3) is 1.00. The SMILES string of the molecule is CCOCCOCCOCCOCC(CCOCCOCCOCC)CCOCCOCCOCCOC. The lowest BCUT2D eigenvalue weighted by Crippen LogP contribution is -2.19. The Hall–Kier alpha value is -0.440. The van der Waals surface area contributed by atoms with Crippen LogP contribution in [0.2, 0.25) is 0 Å². The average Bonchev–Trinajstić information content (AvgIpc) is 2.93. The number of methoxy groups -OCH3 is 1. The lowest BCUT2D eigenvalue weighted by Gasteiger charge is -2.17. The molecule has 11 nitrogen and oxygen atoms in total. The van der Waals surface area contributed by atoms with E-state index in [1.54, 1.807) is 7.11 Å². The standard InChI is InChI=1S/C27H56O11/c1-4-29-12-14-34-18-16-31-8-6-27(7-9-32-17-19-36-21-20-33-11-10-28-3)26-38-25-24-37-23-22-35-15-13-30-5-2/h27H,4-26H2,1-3H3. The molecule has 0 radical (unpaired) electrons. The molecule has 0 saturated carbocycles. The molecule has 0 N–H and O–H groups in total. The predicted octanol–water partition coefficient (Wildman–Crippen LogP) is 2.24. The van der Waals surface area contributed by atoms with Gasteiger partial charge in [-0.05, 0) is 32.6 Å². The Labute approximate surface area is 230 Å². The molecule has 0 aliphatic carbocycles. The van der Waals surface area contributed by atoms with Crippen molar-refractivity contribution in [3.8, 4) is 0 Å². The maximum atomic E-state index is 5.86. The Balaban J connectivity index is 3.86. The Kier molecular flexibility index (Phi) is 34.2. The molecular weight excluding hydrogens is 500 g/mol. The van der Waals surface area contributed by atoms with Gasteiger partial charge >= 0.3 is 0 Å². The predicted molar refractivity (Wildman–Crippen MR) is 144 cm³/mol. The second-order valence-electron chi connectivity index (χ2n) is 8.19. The molecule has 0 rings (SSSR count). The van der Waals surface area contributed by atoms with Gasteiger partial charge in [0.05, 0.1) is 106 Å². The topological polar surface area (TPSA) is 102 Å². The Bertz CT molecular complexity index is 392. The molecule has 0 aromatic heterocycles. The zero-order chi connectivity index (χ0) is 27.6. The van der Waals surface area contributed by atoms with Crippen molar-refractivity contribution in [2.75, 3.05) is 146 Å². The molecule has 38 heavy (non-hydrogen) atoms. The summed E-state index contributed by atoms with van der Waals surface area (Å²) in [6, 6.07) is 0. The van der Waals surface area contributed by atoms with Crippen LogP contribution in [0, 0.1) is 5.92 Å². The zero-order valence-corrected chi connectivity index (χ0v) is 24.3. The van der Waals surface area contributed by atoms with Crippen LogP contribution in [-0.2, 0) is 52.1 Å². The number of ether oxygens (including phenoxy) is 11. The minimum absolute atomic E-state index is 0.339. The zero-order valence-electron chi connectivity index (χ0n) is 24.3. The fourth-order valence-corrected chi connectivity index (χ4v) is 3.03. The molecule has 0 heterocycles. The van der Waals surface area contributed by atoms with Crippen molar-refractivity contribution >= 4 is 0 Å². The van der Waals surface area contributed by atoms with Crippen LogP contribution in [0.5, 0.6) is 0 Å². The molecule has 230 valence electrons. The third-order valence-electron chi connectivity index (χ3n) is 5.14. The maximum absolute atomic E-state index is 5.86. The van der Waals surface area contributed by atoms with Crippen molar-refractivity contribution in [1.82, 2.24) is 0 Å². The van der Waals surface area contributed by atoms with Gasteiger partial charge in [-0.15, -0.1) is 0 Å². The first-order chi connectivity index (χ1) is 18.8. The summed E-state index contributed by atoms with van der Waals surface area (Å²) in [6.45, 7) is 16.5. The van der Waals surface area contributed by atoms with E-state index in [9.17, 15) is 0 Å². The van der Waals surface area contributed by atoms with E-state index in [0.29, 0.717) is 145 Å². The summed E-state index contributed by atoms with van der Waals surface area (Å²) in [5.74, 6) is 0.339. The lowest BCUT2D eigenvalue weighted by atomic mass is 10.0. The normalized spacial score (nSPS) is 12.4. The van der Waals surface area contributed by atoms with Gasteiger partial charge in [0.2, 0.25) is 0 Å². The van der Waals surface area contributed by atoms with Crippen LogP contribution in [0.1, 0.15) is 26.7 Å². The van der Waals surface area contributed by atoms with Crippen LogP contribution in [0.3, 0.4) is 0 Å². The van der Waals surface area contributed by atoms with Crippen molar-refractivity contribution in [3.63, 3.8) is 0 Å². The second-order valence-corrected chi connectivity index (χ2v) is 8.19. The van der Waals surface area contributed by atoms with E-state index >= 15 is 0 Å². The van der Waals surface area contributed by atoms with Gasteiger partial charge in [0, 0.05) is 40.1 Å². The molecule has 0 amide bonds. The second kappa shape index (κ2) is 34.6. The van der Waals surface area contributed by atoms with E-state index in [4.69, 9.17) is 52.1 Å². The summed E-state index contributed by atoms with van der Waals surface area (Å²) in [5, 5.41) is 0. The van der Waals surface area contributed by atoms with Crippen LogP contribution in [0.25, 0.3) is 0 Å². The van der Waals surface area contributed by atoms with Crippen LogP contribution >= 0.6 is 0 Å². The summed E-state index contributed by atoms with van der Waals surface area (Å²) < 4.78 is 60.1. The monoisotopic (exact) mass is 556 g/mol. The van der Waals surface area contributed by atoms with Crippen LogP contribution < -0.4 is 0 Å². The van der Waals surface area contributed by atoms with Crippen molar-refractivity contribution in [1.29, 1.82) is 0 Å². The Morgan fingerprint density at radius 3 is 0.974 bits per heavy atom. The third kappa shape index (κ3) is 31.8. The molecule has 0 bridgehead atoms. The summed E-state index contributed by atoms with van der Waals surface area (Å²) in [4.78, 5) is 0. The summed E-state index contributed by atoms with van der Waals surface area (Å²) in [5.41, 5.74) is 0. The quantitative estimate of drug-likeness (QED) is 0.109. The highest BCUT2D eigenvalue weighted by Gasteiger charge is 2.10. The molecule has 0 spiro atoms. The van der Waals surface area contributed by atoms with Gasteiger partial charge in [-0.2, -0.15) is 0 Å². The smallest absolute Gasteiger partial charge is 0.0701 e. The molecule has 11 heteroatoms. The first kappa shape index (κ1) is 37.6. The van der Waals surface area contributed by atoms with Crippen molar-refractivity contribution < 1.29 is 52.1 Å². The van der Waals surface area contributed by atoms with Crippen LogP contribution in [0.4, 0.5) is 0 Å². The number of hydrogen-bond acceptors (Lipinski definition) is 11. The molecule has 1 atom stereocenters. The number of rotatable bonds is 34. The third-order valence-corrected chi connectivity index (χ3v) is 5.14.